The zero-order valence-corrected chi connectivity index (χ0v) is 20.2. The molecule has 0 aliphatic heterocycles. The Morgan fingerprint density at radius 1 is 0.567 bits per heavy atom. The second-order valence-corrected chi connectivity index (χ2v) is 9.27. The molecule has 0 aliphatic rings. The predicted molar refractivity (Wildman–Crippen MR) is 107 cm³/mol. The standard InChI is InChI=1S/C21H16O6S2.Zn/c22-28(23,24)20-16(11-9-14-5-1-3-7-18(14)20)13-17-12-10-15-6-2-4-8-19(15)21(17)29(25,26)27;/h1-12H,13H2,(H,22,23,24)(H,25,26,27);/q;+2/p-2. The van der Waals surface area contributed by atoms with Gasteiger partial charge in [-0.05, 0) is 39.1 Å². The number of rotatable bonds is 4. The van der Waals surface area contributed by atoms with Crippen molar-refractivity contribution in [2.45, 2.75) is 16.2 Å². The molecule has 0 aromatic heterocycles. The van der Waals surface area contributed by atoms with Crippen LogP contribution in [0, 0.1) is 0 Å². The van der Waals surface area contributed by atoms with Gasteiger partial charge in [0.15, 0.2) is 0 Å². The molecule has 0 heterocycles. The van der Waals surface area contributed by atoms with Crippen molar-refractivity contribution in [2.24, 2.45) is 0 Å². The Morgan fingerprint density at radius 3 is 1.30 bits per heavy atom. The maximum atomic E-state index is 12.0. The second-order valence-electron chi connectivity index (χ2n) is 6.63. The van der Waals surface area contributed by atoms with Gasteiger partial charge in [-0.25, -0.2) is 16.8 Å². The molecular formula is C21H14O6S2Zn. The smallest absolute Gasteiger partial charge is 0.744 e. The second kappa shape index (κ2) is 8.17. The quantitative estimate of drug-likeness (QED) is 0.319. The van der Waals surface area contributed by atoms with Crippen LogP contribution in [0.4, 0.5) is 0 Å². The Morgan fingerprint density at radius 2 is 0.933 bits per heavy atom. The van der Waals surface area contributed by atoms with E-state index in [1.807, 2.05) is 0 Å². The van der Waals surface area contributed by atoms with E-state index in [1.165, 1.54) is 24.3 Å². The molecule has 0 atom stereocenters. The van der Waals surface area contributed by atoms with Gasteiger partial charge in [0.1, 0.15) is 20.2 Å². The summed E-state index contributed by atoms with van der Waals surface area (Å²) in [5.74, 6) is 0. The van der Waals surface area contributed by atoms with Crippen LogP contribution in [-0.2, 0) is 46.1 Å². The Balaban J connectivity index is 0.00000256. The molecule has 0 aliphatic carbocycles. The summed E-state index contributed by atoms with van der Waals surface area (Å²) < 4.78 is 72.1. The minimum Gasteiger partial charge on any atom is -0.744 e. The van der Waals surface area contributed by atoms with E-state index in [9.17, 15) is 25.9 Å². The molecule has 0 bridgehead atoms. The summed E-state index contributed by atoms with van der Waals surface area (Å²) in [7, 11) is -9.70. The van der Waals surface area contributed by atoms with Crippen LogP contribution in [0.3, 0.4) is 0 Å². The van der Waals surface area contributed by atoms with Crippen LogP contribution in [0.1, 0.15) is 11.1 Å². The molecule has 4 aromatic rings. The van der Waals surface area contributed by atoms with Crippen molar-refractivity contribution >= 4 is 41.8 Å². The Labute approximate surface area is 186 Å². The number of hydrogen-bond donors (Lipinski definition) is 0. The summed E-state index contributed by atoms with van der Waals surface area (Å²) in [6.45, 7) is 0. The molecule has 0 radical (unpaired) electrons. The summed E-state index contributed by atoms with van der Waals surface area (Å²) in [6, 6.07) is 19.3. The summed E-state index contributed by atoms with van der Waals surface area (Å²) >= 11 is 0. The van der Waals surface area contributed by atoms with E-state index < -0.39 is 30.0 Å². The normalized spacial score (nSPS) is 12.1. The van der Waals surface area contributed by atoms with Crippen LogP contribution < -0.4 is 0 Å². The van der Waals surface area contributed by atoms with Crippen molar-refractivity contribution in [1.82, 2.24) is 0 Å². The molecule has 0 spiro atoms. The Hall–Kier alpha value is -2.16. The molecule has 0 N–H and O–H groups in total. The third-order valence-electron chi connectivity index (χ3n) is 4.80. The fourth-order valence-corrected chi connectivity index (χ4v) is 5.48. The molecule has 30 heavy (non-hydrogen) atoms. The van der Waals surface area contributed by atoms with Crippen LogP contribution in [-0.4, -0.2) is 25.9 Å². The van der Waals surface area contributed by atoms with E-state index >= 15 is 0 Å². The van der Waals surface area contributed by atoms with Gasteiger partial charge in [0.2, 0.25) is 0 Å². The van der Waals surface area contributed by atoms with Crippen molar-refractivity contribution in [3.05, 3.63) is 83.9 Å². The predicted octanol–water partition coefficient (Wildman–Crippen LogP) is 3.39. The van der Waals surface area contributed by atoms with E-state index in [1.54, 1.807) is 48.5 Å². The maximum Gasteiger partial charge on any atom is 2.00 e. The van der Waals surface area contributed by atoms with Gasteiger partial charge in [0.05, 0.1) is 9.79 Å². The molecule has 0 saturated carbocycles. The summed E-state index contributed by atoms with van der Waals surface area (Å²) in [5.41, 5.74) is 0.276. The molecule has 0 unspecified atom stereocenters. The molecule has 6 nitrogen and oxygen atoms in total. The monoisotopic (exact) mass is 490 g/mol. The summed E-state index contributed by atoms with van der Waals surface area (Å²) in [4.78, 5) is -0.809. The van der Waals surface area contributed by atoms with Gasteiger partial charge >= 0.3 is 19.5 Å². The number of benzene rings is 4. The SMILES string of the molecule is O=S(=O)([O-])c1c(Cc2ccc3ccccc3c2S(=O)(=O)[O-])ccc2ccccc12.[Zn+2]. The van der Waals surface area contributed by atoms with Crippen molar-refractivity contribution in [1.29, 1.82) is 0 Å². The van der Waals surface area contributed by atoms with Crippen LogP contribution in [0.2, 0.25) is 0 Å². The first-order valence-electron chi connectivity index (χ1n) is 8.59. The first-order valence-corrected chi connectivity index (χ1v) is 11.4. The fourth-order valence-electron chi connectivity index (χ4n) is 3.65. The molecule has 0 saturated heterocycles. The van der Waals surface area contributed by atoms with Gasteiger partial charge in [-0.1, -0.05) is 72.8 Å². The third-order valence-corrected chi connectivity index (χ3v) is 6.77. The van der Waals surface area contributed by atoms with Gasteiger partial charge in [0.25, 0.3) is 0 Å². The number of fused-ring (bicyclic) bond motifs is 2. The molecule has 148 valence electrons. The largest absolute Gasteiger partial charge is 2.00 e. The van der Waals surface area contributed by atoms with Gasteiger partial charge in [-0.2, -0.15) is 0 Å². The van der Waals surface area contributed by atoms with Crippen LogP contribution in [0.5, 0.6) is 0 Å². The average Bonchev–Trinajstić information content (AvgIpc) is 2.65. The van der Waals surface area contributed by atoms with Crippen LogP contribution in [0.15, 0.2) is 82.6 Å². The van der Waals surface area contributed by atoms with Crippen molar-refractivity contribution < 1.29 is 45.4 Å². The topological polar surface area (TPSA) is 114 Å². The summed E-state index contributed by atoms with van der Waals surface area (Å²) in [6.07, 6.45) is -0.191. The minimum absolute atomic E-state index is 0. The summed E-state index contributed by atoms with van der Waals surface area (Å²) in [5, 5.41) is 1.65. The van der Waals surface area contributed by atoms with Gasteiger partial charge in [-0.3, -0.25) is 0 Å². The van der Waals surface area contributed by atoms with Gasteiger partial charge in [-0.15, -0.1) is 0 Å². The van der Waals surface area contributed by atoms with E-state index in [2.05, 4.69) is 0 Å². The third kappa shape index (κ3) is 4.17. The molecule has 0 amide bonds. The molecular weight excluding hydrogens is 478 g/mol. The first kappa shape index (κ1) is 22.5. The first-order chi connectivity index (χ1) is 13.7. The minimum atomic E-state index is -4.85. The molecule has 4 aromatic carbocycles. The molecule has 0 fully saturated rings. The van der Waals surface area contributed by atoms with E-state index in [0.717, 1.165) is 0 Å². The van der Waals surface area contributed by atoms with E-state index in [4.69, 9.17) is 0 Å². The van der Waals surface area contributed by atoms with Crippen LogP contribution >= 0.6 is 0 Å². The zero-order valence-electron chi connectivity index (χ0n) is 15.6. The fraction of sp³-hybridized carbons (Fsp3) is 0.0476. The van der Waals surface area contributed by atoms with Crippen molar-refractivity contribution in [2.75, 3.05) is 0 Å². The van der Waals surface area contributed by atoms with Gasteiger partial charge < -0.3 is 9.11 Å². The van der Waals surface area contributed by atoms with Crippen LogP contribution in [0.25, 0.3) is 21.5 Å². The van der Waals surface area contributed by atoms with Crippen molar-refractivity contribution in [3.63, 3.8) is 0 Å². The number of hydrogen-bond acceptors (Lipinski definition) is 6. The Kier molecular flexibility index (Phi) is 6.14. The van der Waals surface area contributed by atoms with Gasteiger partial charge in [0, 0.05) is 0 Å². The average molecular weight is 492 g/mol. The molecule has 4 rings (SSSR count). The molecule has 9 heteroatoms. The van der Waals surface area contributed by atoms with E-state index in [0.29, 0.717) is 10.8 Å². The zero-order chi connectivity index (χ0) is 20.8. The van der Waals surface area contributed by atoms with Crippen molar-refractivity contribution in [3.8, 4) is 0 Å². The Bertz CT molecular complexity index is 1370. The van der Waals surface area contributed by atoms with E-state index in [-0.39, 0.29) is 47.8 Å². The maximum absolute atomic E-state index is 12.0.